The number of hydrogen-bond acceptors (Lipinski definition) is 3. The van der Waals surface area contributed by atoms with Crippen LogP contribution in [0.25, 0.3) is 0 Å². The maximum atomic E-state index is 12.6. The molecule has 1 aliphatic carbocycles. The molecule has 1 aromatic rings. The van der Waals surface area contributed by atoms with Crippen molar-refractivity contribution in [3.8, 4) is 0 Å². The Morgan fingerprint density at radius 1 is 1.20 bits per heavy atom. The predicted octanol–water partition coefficient (Wildman–Crippen LogP) is 2.50. The Labute approximate surface area is 118 Å². The van der Waals surface area contributed by atoms with E-state index in [1.165, 1.54) is 4.90 Å². The summed E-state index contributed by atoms with van der Waals surface area (Å²) < 4.78 is 0. The van der Waals surface area contributed by atoms with Crippen molar-refractivity contribution < 1.29 is 9.59 Å². The molecule has 0 bridgehead atoms. The number of benzene rings is 1. The standard InChI is InChI=1S/C16H20N2O2/c1-3-10-6-12-13(7-10)16(20)18(15(12)19)14-8-11(17)5-4-9(14)2/h4-5,8,10,12-13H,3,6-7,17H2,1-2H3. The molecule has 4 heteroatoms. The summed E-state index contributed by atoms with van der Waals surface area (Å²) in [5, 5.41) is 0. The van der Waals surface area contributed by atoms with Crippen LogP contribution in [0, 0.1) is 24.7 Å². The molecule has 0 radical (unpaired) electrons. The van der Waals surface area contributed by atoms with Gasteiger partial charge in [0.25, 0.3) is 0 Å². The number of imide groups is 1. The lowest BCUT2D eigenvalue weighted by molar-refractivity contribution is -0.123. The summed E-state index contributed by atoms with van der Waals surface area (Å²) in [7, 11) is 0. The highest BCUT2D eigenvalue weighted by atomic mass is 16.2. The number of carbonyl (C=O) groups excluding carboxylic acids is 2. The first-order valence-electron chi connectivity index (χ1n) is 7.26. The predicted molar refractivity (Wildman–Crippen MR) is 78.1 cm³/mol. The van der Waals surface area contributed by atoms with Crippen LogP contribution >= 0.6 is 0 Å². The lowest BCUT2D eigenvalue weighted by Gasteiger charge is -2.20. The average molecular weight is 272 g/mol. The van der Waals surface area contributed by atoms with Gasteiger partial charge in [0.2, 0.25) is 11.8 Å². The van der Waals surface area contributed by atoms with E-state index in [9.17, 15) is 9.59 Å². The van der Waals surface area contributed by atoms with E-state index < -0.39 is 0 Å². The van der Waals surface area contributed by atoms with Crippen molar-refractivity contribution in [2.75, 3.05) is 10.6 Å². The Bertz CT molecular complexity index is 558. The molecule has 2 atom stereocenters. The first kappa shape index (κ1) is 13.2. The van der Waals surface area contributed by atoms with E-state index in [2.05, 4.69) is 6.92 Å². The van der Waals surface area contributed by atoms with Crippen LogP contribution in [0.2, 0.25) is 0 Å². The fourth-order valence-corrected chi connectivity index (χ4v) is 3.57. The van der Waals surface area contributed by atoms with Gasteiger partial charge in [-0.15, -0.1) is 0 Å². The second-order valence-electron chi connectivity index (χ2n) is 6.02. The van der Waals surface area contributed by atoms with Crippen LogP contribution in [-0.4, -0.2) is 11.8 Å². The smallest absolute Gasteiger partial charge is 0.237 e. The Hall–Kier alpha value is -1.84. The zero-order valence-electron chi connectivity index (χ0n) is 11.9. The first-order valence-corrected chi connectivity index (χ1v) is 7.26. The third-order valence-electron chi connectivity index (χ3n) is 4.79. The molecular weight excluding hydrogens is 252 g/mol. The normalized spacial score (nSPS) is 29.1. The van der Waals surface area contributed by atoms with Gasteiger partial charge in [-0.2, -0.15) is 0 Å². The lowest BCUT2D eigenvalue weighted by atomic mass is 10.00. The second kappa shape index (κ2) is 4.62. The molecule has 1 aromatic carbocycles. The van der Waals surface area contributed by atoms with Gasteiger partial charge in [-0.25, -0.2) is 4.90 Å². The third-order valence-corrected chi connectivity index (χ3v) is 4.79. The topological polar surface area (TPSA) is 63.4 Å². The number of aryl methyl sites for hydroxylation is 1. The number of rotatable bonds is 2. The lowest BCUT2D eigenvalue weighted by Crippen LogP contribution is -2.32. The van der Waals surface area contributed by atoms with Crippen molar-refractivity contribution in [1.29, 1.82) is 0 Å². The molecule has 2 unspecified atom stereocenters. The van der Waals surface area contributed by atoms with Gasteiger partial charge in [-0.3, -0.25) is 9.59 Å². The molecule has 2 N–H and O–H groups in total. The summed E-state index contributed by atoms with van der Waals surface area (Å²) in [6, 6.07) is 5.37. The van der Waals surface area contributed by atoms with Gasteiger partial charge in [-0.05, 0) is 43.4 Å². The molecule has 2 amide bonds. The molecule has 20 heavy (non-hydrogen) atoms. The van der Waals surface area contributed by atoms with Crippen LogP contribution in [0.1, 0.15) is 31.7 Å². The maximum Gasteiger partial charge on any atom is 0.237 e. The number of carbonyl (C=O) groups is 2. The molecule has 1 saturated carbocycles. The number of nitrogens with zero attached hydrogens (tertiary/aromatic N) is 1. The zero-order chi connectivity index (χ0) is 14.4. The van der Waals surface area contributed by atoms with Crippen molar-refractivity contribution in [1.82, 2.24) is 0 Å². The molecule has 0 aromatic heterocycles. The Kier molecular flexibility index (Phi) is 3.04. The first-order chi connectivity index (χ1) is 9.52. The molecule has 4 nitrogen and oxygen atoms in total. The second-order valence-corrected chi connectivity index (χ2v) is 6.02. The van der Waals surface area contributed by atoms with Crippen LogP contribution in [0.3, 0.4) is 0 Å². The van der Waals surface area contributed by atoms with E-state index in [1.54, 1.807) is 12.1 Å². The highest BCUT2D eigenvalue weighted by Crippen LogP contribution is 2.46. The number of hydrogen-bond donors (Lipinski definition) is 1. The minimum Gasteiger partial charge on any atom is -0.399 e. The van der Waals surface area contributed by atoms with Gasteiger partial charge in [0.05, 0.1) is 17.5 Å². The van der Waals surface area contributed by atoms with Gasteiger partial charge in [0.15, 0.2) is 0 Å². The summed E-state index contributed by atoms with van der Waals surface area (Å²) >= 11 is 0. The van der Waals surface area contributed by atoms with Gasteiger partial charge < -0.3 is 5.73 Å². The van der Waals surface area contributed by atoms with Crippen LogP contribution in [-0.2, 0) is 9.59 Å². The Morgan fingerprint density at radius 2 is 1.80 bits per heavy atom. The number of anilines is 2. The average Bonchev–Trinajstić information content (AvgIpc) is 2.94. The highest BCUT2D eigenvalue weighted by molar-refractivity contribution is 6.22. The van der Waals surface area contributed by atoms with Crippen molar-refractivity contribution in [2.24, 2.45) is 17.8 Å². The van der Waals surface area contributed by atoms with Gasteiger partial charge >= 0.3 is 0 Å². The van der Waals surface area contributed by atoms with Gasteiger partial charge in [0, 0.05) is 5.69 Å². The van der Waals surface area contributed by atoms with Crippen molar-refractivity contribution in [3.63, 3.8) is 0 Å². The summed E-state index contributed by atoms with van der Waals surface area (Å²) in [6.07, 6.45) is 2.75. The Morgan fingerprint density at radius 3 is 2.35 bits per heavy atom. The monoisotopic (exact) mass is 272 g/mol. The molecule has 1 saturated heterocycles. The van der Waals surface area contributed by atoms with Crippen molar-refractivity contribution in [3.05, 3.63) is 23.8 Å². The number of fused-ring (bicyclic) bond motifs is 1. The minimum atomic E-state index is -0.117. The molecule has 0 spiro atoms. The molecule has 1 heterocycles. The van der Waals surface area contributed by atoms with Crippen molar-refractivity contribution >= 4 is 23.2 Å². The van der Waals surface area contributed by atoms with Crippen LogP contribution < -0.4 is 10.6 Å². The zero-order valence-corrected chi connectivity index (χ0v) is 11.9. The SMILES string of the molecule is CCC1CC2C(=O)N(c3cc(N)ccc3C)C(=O)C2C1. The van der Waals surface area contributed by atoms with Crippen LogP contribution in [0.5, 0.6) is 0 Å². The number of nitrogen functional groups attached to an aromatic ring is 1. The van der Waals surface area contributed by atoms with Crippen molar-refractivity contribution in [2.45, 2.75) is 33.1 Å². The summed E-state index contributed by atoms with van der Waals surface area (Å²) in [6.45, 7) is 4.03. The van der Waals surface area contributed by atoms with E-state index in [4.69, 9.17) is 5.73 Å². The molecular formula is C16H20N2O2. The van der Waals surface area contributed by atoms with E-state index >= 15 is 0 Å². The fourth-order valence-electron chi connectivity index (χ4n) is 3.57. The molecule has 2 fully saturated rings. The molecule has 1 aliphatic heterocycles. The van der Waals surface area contributed by atoms with Crippen LogP contribution in [0.15, 0.2) is 18.2 Å². The molecule has 106 valence electrons. The summed E-state index contributed by atoms with van der Waals surface area (Å²) in [5.41, 5.74) is 7.94. The summed E-state index contributed by atoms with van der Waals surface area (Å²) in [4.78, 5) is 26.5. The van der Waals surface area contributed by atoms with Crippen LogP contribution in [0.4, 0.5) is 11.4 Å². The largest absolute Gasteiger partial charge is 0.399 e. The number of amides is 2. The highest BCUT2D eigenvalue weighted by Gasteiger charge is 2.52. The molecule has 3 rings (SSSR count). The Balaban J connectivity index is 1.96. The molecule has 2 aliphatic rings. The van der Waals surface area contributed by atoms with Gasteiger partial charge in [-0.1, -0.05) is 19.4 Å². The fraction of sp³-hybridized carbons (Fsp3) is 0.500. The van der Waals surface area contributed by atoms with Gasteiger partial charge in [0.1, 0.15) is 0 Å². The maximum absolute atomic E-state index is 12.6. The third kappa shape index (κ3) is 1.82. The van der Waals surface area contributed by atoms with E-state index in [-0.39, 0.29) is 23.7 Å². The van der Waals surface area contributed by atoms with E-state index in [1.807, 2.05) is 13.0 Å². The summed E-state index contributed by atoms with van der Waals surface area (Å²) in [5.74, 6) is 0.206. The quantitative estimate of drug-likeness (QED) is 0.664. The van der Waals surface area contributed by atoms with E-state index in [0.29, 0.717) is 17.3 Å². The minimum absolute atomic E-state index is 0.0374. The number of nitrogens with two attached hydrogens (primary N) is 1. The van der Waals surface area contributed by atoms with E-state index in [0.717, 1.165) is 24.8 Å².